The van der Waals surface area contributed by atoms with Gasteiger partial charge in [-0.05, 0) is 28.8 Å². The van der Waals surface area contributed by atoms with Crippen LogP contribution in [-0.4, -0.2) is 11.6 Å². The molecule has 1 aromatic heterocycles. The van der Waals surface area contributed by atoms with Crippen LogP contribution in [-0.2, 0) is 19.5 Å². The molecule has 0 unspecified atom stereocenters. The fourth-order valence-electron chi connectivity index (χ4n) is 2.20. The Morgan fingerprint density at radius 1 is 1.17 bits per heavy atom. The summed E-state index contributed by atoms with van der Waals surface area (Å²) in [6.07, 6.45) is 4.72. The molecule has 0 saturated carbocycles. The largest absolute Gasteiger partial charge is 0.493 e. The lowest BCUT2D eigenvalue weighted by Crippen LogP contribution is -2.12. The van der Waals surface area contributed by atoms with Crippen molar-refractivity contribution in [3.8, 4) is 5.75 Å². The first kappa shape index (κ1) is 11.2. The van der Waals surface area contributed by atoms with E-state index >= 15 is 0 Å². The standard InChI is InChI=1S/C15H16N2O/c1-2-13(10-16-6-1)11-17-9-12-3-4-15-14(8-12)5-7-18-15/h1-4,6,8,10,17H,5,7,9,11H2. The van der Waals surface area contributed by atoms with E-state index in [1.807, 2.05) is 12.3 Å². The third-order valence-corrected chi connectivity index (χ3v) is 3.13. The highest BCUT2D eigenvalue weighted by Crippen LogP contribution is 2.25. The van der Waals surface area contributed by atoms with Gasteiger partial charge >= 0.3 is 0 Å². The molecule has 0 radical (unpaired) electrons. The highest BCUT2D eigenvalue weighted by Gasteiger charge is 2.11. The Hall–Kier alpha value is -1.87. The van der Waals surface area contributed by atoms with E-state index in [0.29, 0.717) is 0 Å². The second-order valence-electron chi connectivity index (χ2n) is 4.51. The van der Waals surface area contributed by atoms with Crippen molar-refractivity contribution in [2.24, 2.45) is 0 Å². The van der Waals surface area contributed by atoms with Crippen molar-refractivity contribution in [3.05, 3.63) is 59.4 Å². The summed E-state index contributed by atoms with van der Waals surface area (Å²) in [5.74, 6) is 1.05. The molecule has 0 amide bonds. The Kier molecular flexibility index (Phi) is 3.24. The van der Waals surface area contributed by atoms with Gasteiger partial charge in [0.05, 0.1) is 6.61 Å². The molecule has 1 N–H and O–H groups in total. The van der Waals surface area contributed by atoms with Crippen LogP contribution in [0.25, 0.3) is 0 Å². The van der Waals surface area contributed by atoms with Gasteiger partial charge in [0.15, 0.2) is 0 Å². The molecule has 18 heavy (non-hydrogen) atoms. The zero-order valence-corrected chi connectivity index (χ0v) is 10.2. The van der Waals surface area contributed by atoms with Gasteiger partial charge in [0.1, 0.15) is 5.75 Å². The molecule has 0 fully saturated rings. The average Bonchev–Trinajstić information content (AvgIpc) is 2.87. The Morgan fingerprint density at radius 2 is 2.11 bits per heavy atom. The second kappa shape index (κ2) is 5.19. The molecule has 1 aliphatic heterocycles. The van der Waals surface area contributed by atoms with Gasteiger partial charge < -0.3 is 10.1 Å². The molecule has 0 bridgehead atoms. The minimum Gasteiger partial charge on any atom is -0.493 e. The Balaban J connectivity index is 1.57. The number of rotatable bonds is 4. The van der Waals surface area contributed by atoms with Crippen molar-refractivity contribution < 1.29 is 4.74 Å². The predicted octanol–water partition coefficient (Wildman–Crippen LogP) is 2.31. The lowest BCUT2D eigenvalue weighted by atomic mass is 10.1. The molecule has 3 nitrogen and oxygen atoms in total. The van der Waals surface area contributed by atoms with Crippen LogP contribution in [0.2, 0.25) is 0 Å². The molecular formula is C15H16N2O. The van der Waals surface area contributed by atoms with Crippen LogP contribution in [0.1, 0.15) is 16.7 Å². The summed E-state index contributed by atoms with van der Waals surface area (Å²) in [5, 5.41) is 3.43. The van der Waals surface area contributed by atoms with E-state index in [1.165, 1.54) is 16.7 Å². The maximum Gasteiger partial charge on any atom is 0.122 e. The first-order valence-electron chi connectivity index (χ1n) is 6.26. The fourth-order valence-corrected chi connectivity index (χ4v) is 2.20. The Labute approximate surface area is 107 Å². The number of fused-ring (bicyclic) bond motifs is 1. The number of ether oxygens (including phenoxy) is 1. The van der Waals surface area contributed by atoms with E-state index in [9.17, 15) is 0 Å². The van der Waals surface area contributed by atoms with E-state index in [1.54, 1.807) is 6.20 Å². The van der Waals surface area contributed by atoms with E-state index in [4.69, 9.17) is 4.74 Å². The number of pyridine rings is 1. The smallest absolute Gasteiger partial charge is 0.122 e. The minimum absolute atomic E-state index is 0.821. The molecule has 3 rings (SSSR count). The van der Waals surface area contributed by atoms with E-state index in [-0.39, 0.29) is 0 Å². The van der Waals surface area contributed by atoms with Gasteiger partial charge in [-0.15, -0.1) is 0 Å². The van der Waals surface area contributed by atoms with Crippen LogP contribution in [0.3, 0.4) is 0 Å². The number of hydrogen-bond acceptors (Lipinski definition) is 3. The number of hydrogen-bond donors (Lipinski definition) is 1. The molecule has 0 saturated heterocycles. The summed E-state index contributed by atoms with van der Waals surface area (Å²) in [5.41, 5.74) is 3.85. The zero-order chi connectivity index (χ0) is 12.2. The topological polar surface area (TPSA) is 34.2 Å². The van der Waals surface area contributed by atoms with Crippen molar-refractivity contribution >= 4 is 0 Å². The van der Waals surface area contributed by atoms with Crippen LogP contribution in [0.5, 0.6) is 5.75 Å². The SMILES string of the molecule is c1cncc(CNCc2ccc3c(c2)CCO3)c1. The molecule has 0 aliphatic carbocycles. The molecule has 2 aromatic rings. The summed E-state index contributed by atoms with van der Waals surface area (Å²) < 4.78 is 5.50. The summed E-state index contributed by atoms with van der Waals surface area (Å²) >= 11 is 0. The monoisotopic (exact) mass is 240 g/mol. The van der Waals surface area contributed by atoms with Gasteiger partial charge in [-0.3, -0.25) is 4.98 Å². The fraction of sp³-hybridized carbons (Fsp3) is 0.267. The molecule has 0 spiro atoms. The molecule has 92 valence electrons. The third-order valence-electron chi connectivity index (χ3n) is 3.13. The number of aromatic nitrogens is 1. The third kappa shape index (κ3) is 2.51. The Bertz CT molecular complexity index is 525. The van der Waals surface area contributed by atoms with Crippen molar-refractivity contribution in [2.75, 3.05) is 6.61 Å². The van der Waals surface area contributed by atoms with E-state index in [2.05, 4.69) is 34.6 Å². The van der Waals surface area contributed by atoms with Crippen molar-refractivity contribution in [3.63, 3.8) is 0 Å². The Morgan fingerprint density at radius 3 is 3.00 bits per heavy atom. The summed E-state index contributed by atoms with van der Waals surface area (Å²) in [6, 6.07) is 10.5. The summed E-state index contributed by atoms with van der Waals surface area (Å²) in [6.45, 7) is 2.55. The van der Waals surface area contributed by atoms with Gasteiger partial charge in [-0.2, -0.15) is 0 Å². The summed E-state index contributed by atoms with van der Waals surface area (Å²) in [4.78, 5) is 4.10. The van der Waals surface area contributed by atoms with Gasteiger partial charge in [-0.1, -0.05) is 18.2 Å². The van der Waals surface area contributed by atoms with Crippen LogP contribution in [0.15, 0.2) is 42.7 Å². The minimum atomic E-state index is 0.821. The predicted molar refractivity (Wildman–Crippen MR) is 70.4 cm³/mol. The lowest BCUT2D eigenvalue weighted by molar-refractivity contribution is 0.357. The highest BCUT2D eigenvalue weighted by molar-refractivity contribution is 5.39. The van der Waals surface area contributed by atoms with Crippen LogP contribution >= 0.6 is 0 Å². The number of benzene rings is 1. The van der Waals surface area contributed by atoms with Crippen molar-refractivity contribution in [2.45, 2.75) is 19.5 Å². The number of nitrogens with zero attached hydrogens (tertiary/aromatic N) is 1. The highest BCUT2D eigenvalue weighted by atomic mass is 16.5. The molecule has 3 heteroatoms. The molecular weight excluding hydrogens is 224 g/mol. The lowest BCUT2D eigenvalue weighted by Gasteiger charge is -2.06. The van der Waals surface area contributed by atoms with Gasteiger partial charge in [0, 0.05) is 31.9 Å². The molecule has 0 atom stereocenters. The average molecular weight is 240 g/mol. The van der Waals surface area contributed by atoms with Crippen molar-refractivity contribution in [1.82, 2.24) is 10.3 Å². The number of nitrogens with one attached hydrogen (secondary N) is 1. The van der Waals surface area contributed by atoms with Gasteiger partial charge in [0.2, 0.25) is 0 Å². The summed E-state index contributed by atoms with van der Waals surface area (Å²) in [7, 11) is 0. The van der Waals surface area contributed by atoms with Crippen LogP contribution < -0.4 is 10.1 Å². The quantitative estimate of drug-likeness (QED) is 0.890. The van der Waals surface area contributed by atoms with Crippen LogP contribution in [0, 0.1) is 0 Å². The van der Waals surface area contributed by atoms with Crippen molar-refractivity contribution in [1.29, 1.82) is 0 Å². The van der Waals surface area contributed by atoms with Gasteiger partial charge in [-0.25, -0.2) is 0 Å². The first-order valence-corrected chi connectivity index (χ1v) is 6.26. The van der Waals surface area contributed by atoms with Crippen LogP contribution in [0.4, 0.5) is 0 Å². The van der Waals surface area contributed by atoms with E-state index < -0.39 is 0 Å². The normalized spacial score (nSPS) is 13.1. The van der Waals surface area contributed by atoms with E-state index in [0.717, 1.165) is 31.9 Å². The first-order chi connectivity index (χ1) is 8.92. The maximum absolute atomic E-state index is 5.50. The zero-order valence-electron chi connectivity index (χ0n) is 10.2. The maximum atomic E-state index is 5.50. The molecule has 1 aromatic carbocycles. The molecule has 1 aliphatic rings. The second-order valence-corrected chi connectivity index (χ2v) is 4.51. The molecule has 2 heterocycles. The van der Waals surface area contributed by atoms with Gasteiger partial charge in [0.25, 0.3) is 0 Å².